The van der Waals surface area contributed by atoms with Crippen molar-refractivity contribution in [3.8, 4) is 11.5 Å². The molecule has 6 heteroatoms. The molecule has 4 aromatic rings. The Morgan fingerprint density at radius 3 is 2.54 bits per heavy atom. The van der Waals surface area contributed by atoms with E-state index in [0.29, 0.717) is 29.0 Å². The van der Waals surface area contributed by atoms with Gasteiger partial charge in [-0.15, -0.1) is 15.0 Å². The van der Waals surface area contributed by atoms with Gasteiger partial charge in [0.2, 0.25) is 0 Å². The molecule has 3 aromatic carbocycles. The second kappa shape index (κ2) is 6.68. The molecule has 0 spiro atoms. The summed E-state index contributed by atoms with van der Waals surface area (Å²) in [6.07, 6.45) is 0. The minimum absolute atomic E-state index is 0.0177. The van der Waals surface area contributed by atoms with E-state index in [-0.39, 0.29) is 5.75 Å². The highest BCUT2D eigenvalue weighted by molar-refractivity contribution is 5.96. The van der Waals surface area contributed by atoms with Crippen molar-refractivity contribution in [1.29, 1.82) is 0 Å². The molecular formula is C20H15N3O3. The van der Waals surface area contributed by atoms with Crippen molar-refractivity contribution in [3.05, 3.63) is 83.9 Å². The zero-order valence-electron chi connectivity index (χ0n) is 13.7. The van der Waals surface area contributed by atoms with Crippen molar-refractivity contribution in [2.75, 3.05) is 0 Å². The highest BCUT2D eigenvalue weighted by Gasteiger charge is 2.13. The summed E-state index contributed by atoms with van der Waals surface area (Å²) in [6.45, 7) is 0.447. The van der Waals surface area contributed by atoms with Gasteiger partial charge in [-0.3, -0.25) is 4.79 Å². The molecule has 1 aromatic heterocycles. The van der Waals surface area contributed by atoms with Gasteiger partial charge in [-0.1, -0.05) is 36.4 Å². The Kier molecular flexibility index (Phi) is 4.07. The summed E-state index contributed by atoms with van der Waals surface area (Å²) in [4.78, 5) is 13.5. The van der Waals surface area contributed by atoms with Crippen LogP contribution in [0.25, 0.3) is 11.0 Å². The maximum Gasteiger partial charge on any atom is 0.295 e. The van der Waals surface area contributed by atoms with E-state index in [1.807, 2.05) is 30.3 Å². The molecule has 4 rings (SSSR count). The van der Waals surface area contributed by atoms with Crippen LogP contribution in [0.5, 0.6) is 11.5 Å². The van der Waals surface area contributed by atoms with Crippen LogP contribution in [0.15, 0.2) is 72.8 Å². The number of carbonyl (C=O) groups excluding carboxylic acids is 1. The molecule has 6 nitrogen and oxygen atoms in total. The zero-order valence-corrected chi connectivity index (χ0v) is 13.7. The highest BCUT2D eigenvalue weighted by Crippen LogP contribution is 2.20. The zero-order chi connectivity index (χ0) is 17.9. The summed E-state index contributed by atoms with van der Waals surface area (Å²) >= 11 is 0. The van der Waals surface area contributed by atoms with E-state index < -0.39 is 5.91 Å². The van der Waals surface area contributed by atoms with Crippen molar-refractivity contribution in [3.63, 3.8) is 0 Å². The molecule has 0 aliphatic heterocycles. The van der Waals surface area contributed by atoms with Crippen LogP contribution in [0.4, 0.5) is 0 Å². The predicted molar refractivity (Wildman–Crippen MR) is 96.1 cm³/mol. The second-order valence-electron chi connectivity index (χ2n) is 5.77. The number of hydrogen-bond acceptors (Lipinski definition) is 5. The fourth-order valence-corrected chi connectivity index (χ4v) is 2.57. The van der Waals surface area contributed by atoms with Crippen LogP contribution >= 0.6 is 0 Å². The quantitative estimate of drug-likeness (QED) is 0.613. The number of fused-ring (bicyclic) bond motifs is 1. The van der Waals surface area contributed by atoms with Crippen LogP contribution in [0.2, 0.25) is 0 Å². The molecule has 26 heavy (non-hydrogen) atoms. The fourth-order valence-electron chi connectivity index (χ4n) is 2.57. The molecular weight excluding hydrogens is 330 g/mol. The van der Waals surface area contributed by atoms with Crippen molar-refractivity contribution >= 4 is 16.9 Å². The molecule has 0 fully saturated rings. The number of phenols is 1. The van der Waals surface area contributed by atoms with E-state index in [1.54, 1.807) is 30.3 Å². The maximum atomic E-state index is 12.5. The summed E-state index contributed by atoms with van der Waals surface area (Å²) in [6, 6.07) is 21.2. The van der Waals surface area contributed by atoms with Gasteiger partial charge in [0, 0.05) is 11.6 Å². The number of carbonyl (C=O) groups is 1. The number of aromatic nitrogens is 3. The van der Waals surface area contributed by atoms with Gasteiger partial charge in [0.1, 0.15) is 29.1 Å². The van der Waals surface area contributed by atoms with Gasteiger partial charge in [-0.05, 0) is 35.9 Å². The van der Waals surface area contributed by atoms with Gasteiger partial charge in [0.25, 0.3) is 5.91 Å². The van der Waals surface area contributed by atoms with Gasteiger partial charge in [0.05, 0.1) is 0 Å². The van der Waals surface area contributed by atoms with Crippen molar-refractivity contribution in [1.82, 2.24) is 15.0 Å². The van der Waals surface area contributed by atoms with Gasteiger partial charge < -0.3 is 9.84 Å². The van der Waals surface area contributed by atoms with Crippen molar-refractivity contribution in [2.24, 2.45) is 0 Å². The summed E-state index contributed by atoms with van der Waals surface area (Å²) < 4.78 is 5.78. The molecule has 1 heterocycles. The maximum absolute atomic E-state index is 12.5. The lowest BCUT2D eigenvalue weighted by Crippen LogP contribution is -2.14. The molecule has 0 bridgehead atoms. The Hall–Kier alpha value is -3.67. The molecule has 0 saturated heterocycles. The normalized spacial score (nSPS) is 10.8. The van der Waals surface area contributed by atoms with Gasteiger partial charge in [-0.25, -0.2) is 0 Å². The van der Waals surface area contributed by atoms with E-state index in [2.05, 4.69) is 10.2 Å². The number of ether oxygens (including phenoxy) is 1. The molecule has 0 saturated carbocycles. The molecule has 1 N–H and O–H groups in total. The molecule has 0 aliphatic rings. The third-order valence-corrected chi connectivity index (χ3v) is 3.87. The monoisotopic (exact) mass is 345 g/mol. The van der Waals surface area contributed by atoms with Crippen LogP contribution in [0, 0.1) is 0 Å². The number of phenolic OH excluding ortho intramolecular Hbond substituents is 1. The average Bonchev–Trinajstić information content (AvgIpc) is 3.10. The summed E-state index contributed by atoms with van der Waals surface area (Å²) in [5.74, 6) is 0.256. The Morgan fingerprint density at radius 2 is 1.73 bits per heavy atom. The first-order valence-corrected chi connectivity index (χ1v) is 8.06. The standard InChI is InChI=1S/C20H15N3O3/c24-16-8-4-7-15(11-16)20(25)23-21-18-10-9-17(12-19(18)22-23)26-13-14-5-2-1-3-6-14/h1-12,24H,13H2. The summed E-state index contributed by atoms with van der Waals surface area (Å²) in [5.41, 5.74) is 2.52. The summed E-state index contributed by atoms with van der Waals surface area (Å²) in [7, 11) is 0. The number of hydrogen-bond donors (Lipinski definition) is 1. The summed E-state index contributed by atoms with van der Waals surface area (Å²) in [5, 5.41) is 17.9. The number of benzene rings is 3. The third-order valence-electron chi connectivity index (χ3n) is 3.87. The lowest BCUT2D eigenvalue weighted by atomic mass is 10.2. The minimum Gasteiger partial charge on any atom is -0.508 e. The van der Waals surface area contributed by atoms with Crippen molar-refractivity contribution in [2.45, 2.75) is 6.61 Å². The first-order chi connectivity index (χ1) is 12.7. The SMILES string of the molecule is O=C(c1cccc(O)c1)n1nc2ccc(OCc3ccccc3)cc2n1. The first kappa shape index (κ1) is 15.8. The first-order valence-electron chi connectivity index (χ1n) is 8.06. The van der Waals surface area contributed by atoms with E-state index in [0.717, 1.165) is 10.4 Å². The van der Waals surface area contributed by atoms with Crippen LogP contribution in [0.1, 0.15) is 15.9 Å². The third kappa shape index (κ3) is 3.25. The molecule has 0 radical (unpaired) electrons. The molecule has 0 atom stereocenters. The number of rotatable bonds is 4. The molecule has 0 amide bonds. The van der Waals surface area contributed by atoms with Crippen LogP contribution < -0.4 is 4.74 Å². The smallest absolute Gasteiger partial charge is 0.295 e. The molecule has 128 valence electrons. The Bertz CT molecular complexity index is 1070. The lowest BCUT2D eigenvalue weighted by Gasteiger charge is -2.05. The van der Waals surface area contributed by atoms with E-state index in [9.17, 15) is 9.90 Å². The Balaban J connectivity index is 1.56. The lowest BCUT2D eigenvalue weighted by molar-refractivity contribution is 0.0928. The second-order valence-corrected chi connectivity index (χ2v) is 5.77. The fraction of sp³-hybridized carbons (Fsp3) is 0.0500. The van der Waals surface area contributed by atoms with Gasteiger partial charge in [0.15, 0.2) is 0 Å². The van der Waals surface area contributed by atoms with Crippen molar-refractivity contribution < 1.29 is 14.6 Å². The van der Waals surface area contributed by atoms with Crippen LogP contribution in [-0.4, -0.2) is 26.0 Å². The topological polar surface area (TPSA) is 77.2 Å². The predicted octanol–water partition coefficient (Wildman–Crippen LogP) is 3.40. The largest absolute Gasteiger partial charge is 0.508 e. The highest BCUT2D eigenvalue weighted by atomic mass is 16.5. The number of aromatic hydroxyl groups is 1. The average molecular weight is 345 g/mol. The Labute approximate surface area is 149 Å². The van der Waals surface area contributed by atoms with Gasteiger partial charge >= 0.3 is 0 Å². The Morgan fingerprint density at radius 1 is 0.923 bits per heavy atom. The number of nitrogens with zero attached hydrogens (tertiary/aromatic N) is 3. The van der Waals surface area contributed by atoms with Gasteiger partial charge in [-0.2, -0.15) is 0 Å². The van der Waals surface area contributed by atoms with E-state index >= 15 is 0 Å². The van der Waals surface area contributed by atoms with Crippen LogP contribution in [-0.2, 0) is 6.61 Å². The van der Waals surface area contributed by atoms with E-state index in [4.69, 9.17) is 4.74 Å². The molecule has 0 unspecified atom stereocenters. The molecule has 0 aliphatic carbocycles. The van der Waals surface area contributed by atoms with Crippen LogP contribution in [0.3, 0.4) is 0 Å². The minimum atomic E-state index is -0.413. The van der Waals surface area contributed by atoms with E-state index in [1.165, 1.54) is 12.1 Å².